The molecule has 35 heavy (non-hydrogen) atoms. The van der Waals surface area contributed by atoms with Crippen LogP contribution in [0.15, 0.2) is 59.0 Å². The maximum absolute atomic E-state index is 12.8. The van der Waals surface area contributed by atoms with E-state index in [0.29, 0.717) is 34.4 Å². The quantitative estimate of drug-likeness (QED) is 0.340. The normalized spacial score (nSPS) is 10.6. The summed E-state index contributed by atoms with van der Waals surface area (Å²) in [5, 5.41) is 5.83. The maximum atomic E-state index is 12.8. The number of fused-ring (bicyclic) bond motifs is 1. The summed E-state index contributed by atoms with van der Waals surface area (Å²) in [7, 11) is 4.46. The third-order valence-corrected chi connectivity index (χ3v) is 5.59. The van der Waals surface area contributed by atoms with Gasteiger partial charge in [-0.15, -0.1) is 0 Å². The number of thiocarbonyl (C=S) groups is 1. The van der Waals surface area contributed by atoms with E-state index in [-0.39, 0.29) is 5.11 Å². The number of aromatic nitrogens is 1. The van der Waals surface area contributed by atoms with Crippen molar-refractivity contribution < 1.29 is 23.4 Å². The van der Waals surface area contributed by atoms with E-state index >= 15 is 0 Å². The highest BCUT2D eigenvalue weighted by molar-refractivity contribution is 7.80. The molecule has 0 aliphatic heterocycles. The van der Waals surface area contributed by atoms with Gasteiger partial charge >= 0.3 is 0 Å². The Labute approximate surface area is 208 Å². The summed E-state index contributed by atoms with van der Waals surface area (Å²) >= 11 is 5.35. The molecule has 0 aliphatic carbocycles. The summed E-state index contributed by atoms with van der Waals surface area (Å²) in [6.45, 7) is 2.10. The van der Waals surface area contributed by atoms with Crippen molar-refractivity contribution in [3.8, 4) is 28.7 Å². The Morgan fingerprint density at radius 3 is 2.40 bits per heavy atom. The van der Waals surface area contributed by atoms with Crippen LogP contribution in [-0.2, 0) is 6.42 Å². The van der Waals surface area contributed by atoms with Crippen LogP contribution in [0.3, 0.4) is 0 Å². The molecule has 0 spiro atoms. The summed E-state index contributed by atoms with van der Waals surface area (Å²) in [6, 6.07) is 16.5. The van der Waals surface area contributed by atoms with Gasteiger partial charge in [-0.25, -0.2) is 4.98 Å². The Bertz CT molecular complexity index is 1370. The monoisotopic (exact) mass is 491 g/mol. The zero-order valence-electron chi connectivity index (χ0n) is 19.8. The zero-order valence-corrected chi connectivity index (χ0v) is 20.6. The van der Waals surface area contributed by atoms with Crippen LogP contribution in [-0.4, -0.2) is 37.3 Å². The molecule has 0 saturated heterocycles. The molecule has 1 aromatic heterocycles. The van der Waals surface area contributed by atoms with E-state index in [0.717, 1.165) is 23.1 Å². The lowest BCUT2D eigenvalue weighted by Gasteiger charge is -2.14. The van der Waals surface area contributed by atoms with E-state index in [4.69, 9.17) is 30.8 Å². The number of anilines is 1. The minimum absolute atomic E-state index is 0.131. The molecular formula is C26H25N3O5S. The van der Waals surface area contributed by atoms with Gasteiger partial charge in [0, 0.05) is 16.8 Å². The molecule has 0 fully saturated rings. The number of nitrogens with zero attached hydrogens (tertiary/aromatic N) is 1. The second-order valence-corrected chi connectivity index (χ2v) is 7.99. The van der Waals surface area contributed by atoms with Crippen molar-refractivity contribution in [3.63, 3.8) is 0 Å². The number of nitrogens with one attached hydrogen (secondary N) is 2. The first-order valence-corrected chi connectivity index (χ1v) is 11.3. The molecule has 8 nitrogen and oxygen atoms in total. The van der Waals surface area contributed by atoms with Crippen molar-refractivity contribution in [3.05, 3.63) is 65.7 Å². The predicted octanol–water partition coefficient (Wildman–Crippen LogP) is 5.21. The minimum Gasteiger partial charge on any atom is -0.493 e. The molecule has 9 heteroatoms. The van der Waals surface area contributed by atoms with E-state index in [2.05, 4.69) is 22.5 Å². The van der Waals surface area contributed by atoms with Gasteiger partial charge in [-0.2, -0.15) is 0 Å². The van der Waals surface area contributed by atoms with Crippen LogP contribution < -0.4 is 24.8 Å². The minimum atomic E-state index is -0.427. The smallest absolute Gasteiger partial charge is 0.257 e. The molecule has 180 valence electrons. The van der Waals surface area contributed by atoms with E-state index in [1.165, 1.54) is 26.9 Å². The van der Waals surface area contributed by atoms with Crippen molar-refractivity contribution in [1.29, 1.82) is 0 Å². The molecule has 0 saturated carbocycles. The Morgan fingerprint density at radius 2 is 1.74 bits per heavy atom. The molecule has 4 aromatic rings. The van der Waals surface area contributed by atoms with Gasteiger partial charge in [0.15, 0.2) is 22.2 Å². The molecule has 3 aromatic carbocycles. The molecule has 4 rings (SSSR count). The van der Waals surface area contributed by atoms with Crippen molar-refractivity contribution in [2.75, 3.05) is 26.6 Å². The third kappa shape index (κ3) is 5.20. The Hall–Kier alpha value is -4.11. The van der Waals surface area contributed by atoms with Crippen molar-refractivity contribution >= 4 is 40.0 Å². The maximum Gasteiger partial charge on any atom is 0.257 e. The van der Waals surface area contributed by atoms with Crippen LogP contribution in [0.5, 0.6) is 17.2 Å². The fourth-order valence-electron chi connectivity index (χ4n) is 3.60. The summed E-state index contributed by atoms with van der Waals surface area (Å²) in [6.07, 6.45) is 0.927. The van der Waals surface area contributed by atoms with Gasteiger partial charge in [0.25, 0.3) is 5.91 Å². The molecule has 0 atom stereocenters. The highest BCUT2D eigenvalue weighted by atomic mass is 32.1. The number of carbonyl (C=O) groups is 1. The van der Waals surface area contributed by atoms with Crippen LogP contribution in [0.2, 0.25) is 0 Å². The summed E-state index contributed by atoms with van der Waals surface area (Å²) in [4.78, 5) is 17.4. The number of methoxy groups -OCH3 is 3. The topological polar surface area (TPSA) is 94.9 Å². The largest absolute Gasteiger partial charge is 0.493 e. The molecule has 0 unspecified atom stereocenters. The third-order valence-electron chi connectivity index (χ3n) is 5.38. The lowest BCUT2D eigenvalue weighted by Crippen LogP contribution is -2.34. The number of rotatable bonds is 7. The fraction of sp³-hybridized carbons (Fsp3) is 0.192. The Balaban J connectivity index is 1.49. The standard InChI is InChI=1S/C26H25N3O5S/c1-5-15-9-10-20-19(11-15)28-25(34-20)16-7-6-8-18(12-16)27-26(35)29-24(30)17-13-21(31-2)23(33-4)22(14-17)32-3/h6-14H,5H2,1-4H3,(H2,27,29,30,35). The van der Waals surface area contributed by atoms with Crippen LogP contribution in [0, 0.1) is 0 Å². The lowest BCUT2D eigenvalue weighted by atomic mass is 10.1. The van der Waals surface area contributed by atoms with Gasteiger partial charge in [0.05, 0.1) is 21.3 Å². The first kappa shape index (κ1) is 24.0. The zero-order chi connectivity index (χ0) is 24.9. The van der Waals surface area contributed by atoms with E-state index < -0.39 is 5.91 Å². The van der Waals surface area contributed by atoms with Crippen molar-refractivity contribution in [2.24, 2.45) is 0 Å². The molecule has 1 amide bonds. The number of ether oxygens (including phenoxy) is 3. The SMILES string of the molecule is CCc1ccc2oc(-c3cccc(NC(=S)NC(=O)c4cc(OC)c(OC)c(OC)c4)c3)nc2c1. The van der Waals surface area contributed by atoms with Gasteiger partial charge in [-0.05, 0) is 66.7 Å². The molecule has 2 N–H and O–H groups in total. The van der Waals surface area contributed by atoms with E-state index in [1.807, 2.05) is 42.5 Å². The second-order valence-electron chi connectivity index (χ2n) is 7.58. The summed E-state index contributed by atoms with van der Waals surface area (Å²) in [5.41, 5.74) is 4.49. The summed E-state index contributed by atoms with van der Waals surface area (Å²) < 4.78 is 21.8. The fourth-order valence-corrected chi connectivity index (χ4v) is 3.81. The highest BCUT2D eigenvalue weighted by Gasteiger charge is 2.18. The highest BCUT2D eigenvalue weighted by Crippen LogP contribution is 2.38. The number of benzene rings is 3. The number of aryl methyl sites for hydroxylation is 1. The number of hydrogen-bond acceptors (Lipinski definition) is 7. The van der Waals surface area contributed by atoms with Gasteiger partial charge in [0.1, 0.15) is 5.52 Å². The van der Waals surface area contributed by atoms with E-state index in [9.17, 15) is 4.79 Å². The first-order valence-electron chi connectivity index (χ1n) is 10.9. The Morgan fingerprint density at radius 1 is 1.00 bits per heavy atom. The molecule has 1 heterocycles. The number of carbonyl (C=O) groups excluding carboxylic acids is 1. The molecule has 0 radical (unpaired) electrons. The summed E-state index contributed by atoms with van der Waals surface area (Å²) in [5.74, 6) is 1.21. The van der Waals surface area contributed by atoms with Gasteiger partial charge in [0.2, 0.25) is 11.6 Å². The van der Waals surface area contributed by atoms with Crippen molar-refractivity contribution in [2.45, 2.75) is 13.3 Å². The Kier molecular flexibility index (Phi) is 7.17. The molecule has 0 aliphatic rings. The number of hydrogen-bond donors (Lipinski definition) is 2. The number of amides is 1. The number of oxazole rings is 1. The van der Waals surface area contributed by atoms with Crippen LogP contribution in [0.25, 0.3) is 22.6 Å². The first-order chi connectivity index (χ1) is 16.9. The predicted molar refractivity (Wildman–Crippen MR) is 139 cm³/mol. The molecular weight excluding hydrogens is 466 g/mol. The average molecular weight is 492 g/mol. The van der Waals surface area contributed by atoms with Crippen LogP contribution in [0.1, 0.15) is 22.8 Å². The lowest BCUT2D eigenvalue weighted by molar-refractivity contribution is 0.0977. The second kappa shape index (κ2) is 10.4. The molecule has 0 bridgehead atoms. The van der Waals surface area contributed by atoms with Gasteiger partial charge in [-0.3, -0.25) is 10.1 Å². The average Bonchev–Trinajstić information content (AvgIpc) is 3.31. The van der Waals surface area contributed by atoms with Crippen molar-refractivity contribution in [1.82, 2.24) is 10.3 Å². The van der Waals surface area contributed by atoms with Crippen LogP contribution >= 0.6 is 12.2 Å². The van der Waals surface area contributed by atoms with Gasteiger partial charge in [-0.1, -0.05) is 19.1 Å². The van der Waals surface area contributed by atoms with Crippen LogP contribution in [0.4, 0.5) is 5.69 Å². The van der Waals surface area contributed by atoms with E-state index in [1.54, 1.807) is 12.1 Å². The van der Waals surface area contributed by atoms with Gasteiger partial charge < -0.3 is 23.9 Å².